The first-order valence-electron chi connectivity index (χ1n) is 4.83. The molecule has 0 unspecified atom stereocenters. The Labute approximate surface area is 94.3 Å². The third-order valence-electron chi connectivity index (χ3n) is 2.22. The maximum atomic E-state index is 10.8. The number of amides is 1. The van der Waals surface area contributed by atoms with Gasteiger partial charge >= 0.3 is 0 Å². The highest BCUT2D eigenvalue weighted by molar-refractivity contribution is 5.74. The molecule has 16 heavy (non-hydrogen) atoms. The van der Waals surface area contributed by atoms with Crippen molar-refractivity contribution in [1.29, 1.82) is 0 Å². The molecule has 1 amide bonds. The molecule has 5 heteroatoms. The van der Waals surface area contributed by atoms with E-state index in [0.717, 1.165) is 5.56 Å². The number of ether oxygens (including phenoxy) is 2. The van der Waals surface area contributed by atoms with E-state index >= 15 is 0 Å². The summed E-state index contributed by atoms with van der Waals surface area (Å²) in [6.45, 7) is 0. The summed E-state index contributed by atoms with van der Waals surface area (Å²) in [7, 11) is 3.11. The zero-order valence-corrected chi connectivity index (χ0v) is 9.40. The molecule has 4 N–H and O–H groups in total. The van der Waals surface area contributed by atoms with Crippen molar-refractivity contribution < 1.29 is 14.3 Å². The van der Waals surface area contributed by atoms with Crippen molar-refractivity contribution in [2.45, 2.75) is 12.5 Å². The largest absolute Gasteiger partial charge is 0.497 e. The average Bonchev–Trinajstić information content (AvgIpc) is 2.27. The lowest BCUT2D eigenvalue weighted by molar-refractivity contribution is -0.118. The third-order valence-corrected chi connectivity index (χ3v) is 2.22. The monoisotopic (exact) mass is 224 g/mol. The van der Waals surface area contributed by atoms with E-state index in [9.17, 15) is 4.79 Å². The van der Waals surface area contributed by atoms with Gasteiger partial charge in [0, 0.05) is 18.5 Å². The number of carbonyl (C=O) groups is 1. The van der Waals surface area contributed by atoms with Gasteiger partial charge in [0.05, 0.1) is 14.2 Å². The number of primary amides is 1. The predicted molar refractivity (Wildman–Crippen MR) is 60.3 cm³/mol. The van der Waals surface area contributed by atoms with E-state index in [1.807, 2.05) is 0 Å². The first kappa shape index (κ1) is 12.3. The van der Waals surface area contributed by atoms with Gasteiger partial charge in [-0.15, -0.1) is 0 Å². The number of methoxy groups -OCH3 is 2. The van der Waals surface area contributed by atoms with Gasteiger partial charge in [0.2, 0.25) is 5.91 Å². The van der Waals surface area contributed by atoms with Gasteiger partial charge in [-0.3, -0.25) is 4.79 Å². The summed E-state index contributed by atoms with van der Waals surface area (Å²) in [5.74, 6) is 0.831. The number of hydrogen-bond acceptors (Lipinski definition) is 4. The van der Waals surface area contributed by atoms with Crippen LogP contribution in [0.5, 0.6) is 11.5 Å². The fourth-order valence-corrected chi connectivity index (χ4v) is 1.38. The Morgan fingerprint density at radius 2 is 1.75 bits per heavy atom. The van der Waals surface area contributed by atoms with Crippen LogP contribution in [0.15, 0.2) is 18.2 Å². The van der Waals surface area contributed by atoms with Gasteiger partial charge in [-0.2, -0.15) is 0 Å². The molecule has 0 aromatic heterocycles. The van der Waals surface area contributed by atoms with Crippen molar-refractivity contribution in [3.8, 4) is 11.5 Å². The normalized spacial score (nSPS) is 11.9. The van der Waals surface area contributed by atoms with Crippen molar-refractivity contribution in [1.82, 2.24) is 0 Å². The second-order valence-electron chi connectivity index (χ2n) is 3.42. The van der Waals surface area contributed by atoms with Gasteiger partial charge in [0.15, 0.2) is 0 Å². The Balaban J connectivity index is 2.97. The van der Waals surface area contributed by atoms with E-state index in [1.54, 1.807) is 32.4 Å². The zero-order chi connectivity index (χ0) is 12.1. The lowest BCUT2D eigenvalue weighted by Gasteiger charge is -2.13. The molecule has 5 nitrogen and oxygen atoms in total. The van der Waals surface area contributed by atoms with Crippen molar-refractivity contribution in [2.24, 2.45) is 11.5 Å². The van der Waals surface area contributed by atoms with Gasteiger partial charge in [0.1, 0.15) is 11.5 Å². The van der Waals surface area contributed by atoms with Crippen LogP contribution in [0.1, 0.15) is 18.0 Å². The summed E-state index contributed by atoms with van der Waals surface area (Å²) in [4.78, 5) is 10.8. The number of hydrogen-bond donors (Lipinski definition) is 2. The molecule has 1 aromatic carbocycles. The second-order valence-corrected chi connectivity index (χ2v) is 3.42. The molecule has 0 saturated carbocycles. The topological polar surface area (TPSA) is 87.6 Å². The fraction of sp³-hybridized carbons (Fsp3) is 0.364. The molecule has 1 rings (SSSR count). The maximum Gasteiger partial charge on any atom is 0.219 e. The van der Waals surface area contributed by atoms with E-state index < -0.39 is 11.9 Å². The van der Waals surface area contributed by atoms with Crippen LogP contribution in [0.2, 0.25) is 0 Å². The Morgan fingerprint density at radius 3 is 2.12 bits per heavy atom. The number of carbonyl (C=O) groups excluding carboxylic acids is 1. The highest BCUT2D eigenvalue weighted by Gasteiger charge is 2.12. The summed E-state index contributed by atoms with van der Waals surface area (Å²) in [6.07, 6.45) is 0.0936. The number of rotatable bonds is 5. The van der Waals surface area contributed by atoms with E-state index in [-0.39, 0.29) is 6.42 Å². The van der Waals surface area contributed by atoms with Gasteiger partial charge in [-0.05, 0) is 17.7 Å². The predicted octanol–water partition coefficient (Wildman–Crippen LogP) is 0.579. The van der Waals surface area contributed by atoms with E-state index in [0.29, 0.717) is 11.5 Å². The van der Waals surface area contributed by atoms with Crippen molar-refractivity contribution >= 4 is 5.91 Å². The van der Waals surface area contributed by atoms with E-state index in [4.69, 9.17) is 20.9 Å². The summed E-state index contributed by atoms with van der Waals surface area (Å²) in [5.41, 5.74) is 11.7. The number of benzene rings is 1. The van der Waals surface area contributed by atoms with Crippen LogP contribution < -0.4 is 20.9 Å². The van der Waals surface area contributed by atoms with Crippen LogP contribution in [-0.4, -0.2) is 20.1 Å². The van der Waals surface area contributed by atoms with Crippen LogP contribution in [0.25, 0.3) is 0 Å². The molecule has 0 heterocycles. The summed E-state index contributed by atoms with van der Waals surface area (Å²) in [6, 6.07) is 4.81. The molecular formula is C11H16N2O3. The van der Waals surface area contributed by atoms with E-state index in [2.05, 4.69) is 0 Å². The van der Waals surface area contributed by atoms with Crippen LogP contribution in [0.3, 0.4) is 0 Å². The Kier molecular flexibility index (Phi) is 4.13. The second kappa shape index (κ2) is 5.37. The smallest absolute Gasteiger partial charge is 0.219 e. The minimum Gasteiger partial charge on any atom is -0.497 e. The van der Waals surface area contributed by atoms with Gasteiger partial charge in [-0.25, -0.2) is 0 Å². The highest BCUT2D eigenvalue weighted by Crippen LogP contribution is 2.26. The Bertz CT molecular complexity index is 357. The lowest BCUT2D eigenvalue weighted by atomic mass is 10.0. The van der Waals surface area contributed by atoms with E-state index in [1.165, 1.54) is 0 Å². The molecule has 0 radical (unpaired) electrons. The molecule has 0 aliphatic carbocycles. The molecule has 1 aromatic rings. The molecule has 0 saturated heterocycles. The molecule has 1 atom stereocenters. The highest BCUT2D eigenvalue weighted by atomic mass is 16.5. The standard InChI is InChI=1S/C11H16N2O3/c1-15-8-3-7(4-9(5-8)16-2)10(12)6-11(13)14/h3-5,10H,6,12H2,1-2H3,(H2,13,14)/t10-/m1/s1. The molecule has 88 valence electrons. The zero-order valence-electron chi connectivity index (χ0n) is 9.40. The Hall–Kier alpha value is -1.75. The Morgan fingerprint density at radius 1 is 1.25 bits per heavy atom. The van der Waals surface area contributed by atoms with Crippen LogP contribution in [-0.2, 0) is 4.79 Å². The average molecular weight is 224 g/mol. The van der Waals surface area contributed by atoms with Gasteiger partial charge in [-0.1, -0.05) is 0 Å². The first-order chi connectivity index (χ1) is 7.56. The quantitative estimate of drug-likeness (QED) is 0.765. The fourth-order valence-electron chi connectivity index (χ4n) is 1.38. The van der Waals surface area contributed by atoms with Gasteiger partial charge in [0.25, 0.3) is 0 Å². The van der Waals surface area contributed by atoms with Crippen molar-refractivity contribution in [2.75, 3.05) is 14.2 Å². The molecule has 0 fully saturated rings. The molecular weight excluding hydrogens is 208 g/mol. The summed E-state index contributed by atoms with van der Waals surface area (Å²) < 4.78 is 10.2. The third kappa shape index (κ3) is 3.13. The first-order valence-corrected chi connectivity index (χ1v) is 4.83. The molecule has 0 aliphatic heterocycles. The minimum atomic E-state index is -0.443. The van der Waals surface area contributed by atoms with Crippen LogP contribution in [0.4, 0.5) is 0 Å². The summed E-state index contributed by atoms with van der Waals surface area (Å²) in [5, 5.41) is 0. The summed E-state index contributed by atoms with van der Waals surface area (Å²) >= 11 is 0. The van der Waals surface area contributed by atoms with Crippen molar-refractivity contribution in [3.63, 3.8) is 0 Å². The van der Waals surface area contributed by atoms with Gasteiger partial charge < -0.3 is 20.9 Å². The molecule has 0 bridgehead atoms. The number of nitrogens with two attached hydrogens (primary N) is 2. The maximum absolute atomic E-state index is 10.8. The lowest BCUT2D eigenvalue weighted by Crippen LogP contribution is -2.20. The van der Waals surface area contributed by atoms with Crippen molar-refractivity contribution in [3.05, 3.63) is 23.8 Å². The minimum absolute atomic E-state index is 0.0936. The molecule has 0 aliphatic rings. The van der Waals surface area contributed by atoms with Crippen LogP contribution in [0, 0.1) is 0 Å². The molecule has 0 spiro atoms. The van der Waals surface area contributed by atoms with Crippen LogP contribution >= 0.6 is 0 Å². The SMILES string of the molecule is COc1cc(OC)cc([C@H](N)CC(N)=O)c1.